The van der Waals surface area contributed by atoms with Crippen molar-refractivity contribution in [2.24, 2.45) is 0 Å². The highest BCUT2D eigenvalue weighted by atomic mass is 32.1. The summed E-state index contributed by atoms with van der Waals surface area (Å²) in [6, 6.07) is 0. The Bertz CT molecular complexity index is 270. The third kappa shape index (κ3) is 2.27. The van der Waals surface area contributed by atoms with Crippen LogP contribution in [0.1, 0.15) is 23.5 Å². The van der Waals surface area contributed by atoms with Crippen molar-refractivity contribution in [2.75, 3.05) is 0 Å². The number of allylic oxidation sites excluding steroid dienone is 2. The molecular formula is C8H9NOS. The van der Waals surface area contributed by atoms with Gasteiger partial charge >= 0.3 is 0 Å². The normalized spacial score (nSPS) is 9.27. The lowest BCUT2D eigenvalue weighted by Crippen LogP contribution is -1.89. The molecule has 0 amide bonds. The van der Waals surface area contributed by atoms with Crippen molar-refractivity contribution in [2.45, 2.75) is 13.8 Å². The van der Waals surface area contributed by atoms with E-state index in [1.165, 1.54) is 11.3 Å². The van der Waals surface area contributed by atoms with Gasteiger partial charge in [0.2, 0.25) is 0 Å². The smallest absolute Gasteiger partial charge is 0.197 e. The van der Waals surface area contributed by atoms with Gasteiger partial charge < -0.3 is 0 Å². The lowest BCUT2D eigenvalue weighted by atomic mass is 10.2. The molecule has 1 heterocycles. The van der Waals surface area contributed by atoms with Crippen molar-refractivity contribution in [3.8, 4) is 0 Å². The van der Waals surface area contributed by atoms with Crippen LogP contribution in [-0.2, 0) is 0 Å². The van der Waals surface area contributed by atoms with Crippen LogP contribution in [-0.4, -0.2) is 10.8 Å². The van der Waals surface area contributed by atoms with E-state index in [-0.39, 0.29) is 5.78 Å². The molecule has 0 fully saturated rings. The summed E-state index contributed by atoms with van der Waals surface area (Å²) in [6.07, 6.45) is 3.21. The van der Waals surface area contributed by atoms with Gasteiger partial charge in [0, 0.05) is 6.20 Å². The molecule has 0 N–H and O–H groups in total. The largest absolute Gasteiger partial charge is 0.288 e. The van der Waals surface area contributed by atoms with Gasteiger partial charge in [-0.2, -0.15) is 0 Å². The van der Waals surface area contributed by atoms with Gasteiger partial charge in [-0.05, 0) is 19.9 Å². The Morgan fingerprint density at radius 2 is 2.36 bits per heavy atom. The summed E-state index contributed by atoms with van der Waals surface area (Å²) in [4.78, 5) is 15.7. The summed E-state index contributed by atoms with van der Waals surface area (Å²) in [5.41, 5.74) is 2.68. The first-order chi connectivity index (χ1) is 5.20. The van der Waals surface area contributed by atoms with E-state index in [9.17, 15) is 4.79 Å². The van der Waals surface area contributed by atoms with Gasteiger partial charge in [-0.3, -0.25) is 9.78 Å². The Balaban J connectivity index is 2.80. The van der Waals surface area contributed by atoms with E-state index in [0.717, 1.165) is 5.57 Å². The van der Waals surface area contributed by atoms with E-state index in [0.29, 0.717) is 4.88 Å². The molecule has 0 radical (unpaired) electrons. The summed E-state index contributed by atoms with van der Waals surface area (Å²) in [5, 5.41) is 0. The Labute approximate surface area is 69.6 Å². The second-order valence-corrected chi connectivity index (χ2v) is 3.34. The van der Waals surface area contributed by atoms with E-state index >= 15 is 0 Å². The van der Waals surface area contributed by atoms with Gasteiger partial charge in [0.25, 0.3) is 0 Å². The maximum atomic E-state index is 11.2. The molecule has 0 aliphatic carbocycles. The van der Waals surface area contributed by atoms with Gasteiger partial charge in [0.15, 0.2) is 5.78 Å². The zero-order valence-electron chi connectivity index (χ0n) is 6.50. The minimum Gasteiger partial charge on any atom is -0.288 e. The minimum absolute atomic E-state index is 0.0486. The van der Waals surface area contributed by atoms with Gasteiger partial charge in [0.1, 0.15) is 0 Å². The van der Waals surface area contributed by atoms with Crippen LogP contribution in [0.3, 0.4) is 0 Å². The van der Waals surface area contributed by atoms with Crippen LogP contribution in [0, 0.1) is 0 Å². The van der Waals surface area contributed by atoms with E-state index in [2.05, 4.69) is 4.98 Å². The highest BCUT2D eigenvalue weighted by Crippen LogP contribution is 2.07. The molecule has 3 heteroatoms. The van der Waals surface area contributed by atoms with Crippen molar-refractivity contribution in [1.29, 1.82) is 0 Å². The van der Waals surface area contributed by atoms with Crippen LogP contribution in [0.15, 0.2) is 23.4 Å². The van der Waals surface area contributed by atoms with E-state index in [4.69, 9.17) is 0 Å². The number of aromatic nitrogens is 1. The molecule has 0 aliphatic rings. The fourth-order valence-corrected chi connectivity index (χ4v) is 1.20. The Hall–Kier alpha value is -0.960. The first-order valence-electron chi connectivity index (χ1n) is 3.28. The van der Waals surface area contributed by atoms with Crippen LogP contribution >= 0.6 is 11.3 Å². The summed E-state index contributed by atoms with van der Waals surface area (Å²) in [5.74, 6) is 0.0486. The van der Waals surface area contributed by atoms with Crippen LogP contribution in [0.4, 0.5) is 0 Å². The van der Waals surface area contributed by atoms with Crippen molar-refractivity contribution >= 4 is 17.1 Å². The van der Waals surface area contributed by atoms with Gasteiger partial charge in [-0.25, -0.2) is 0 Å². The number of ketones is 1. The summed E-state index contributed by atoms with van der Waals surface area (Å²) < 4.78 is 0. The summed E-state index contributed by atoms with van der Waals surface area (Å²) in [6.45, 7) is 3.80. The third-order valence-corrected chi connectivity index (χ3v) is 1.88. The molecule has 0 saturated heterocycles. The third-order valence-electron chi connectivity index (χ3n) is 1.09. The number of carbonyl (C=O) groups is 1. The molecule has 58 valence electrons. The van der Waals surface area contributed by atoms with Crippen LogP contribution in [0.25, 0.3) is 0 Å². The maximum Gasteiger partial charge on any atom is 0.197 e. The lowest BCUT2D eigenvalue weighted by molar-refractivity contribution is 0.104. The van der Waals surface area contributed by atoms with Gasteiger partial charge in [-0.1, -0.05) is 5.57 Å². The van der Waals surface area contributed by atoms with E-state index in [1.54, 1.807) is 17.8 Å². The molecular weight excluding hydrogens is 158 g/mol. The zero-order chi connectivity index (χ0) is 8.27. The standard InChI is InChI=1S/C8H9NOS/c1-6(2)3-7(10)8-4-9-5-11-8/h3-5H,1-2H3. The first-order valence-corrected chi connectivity index (χ1v) is 4.16. The Morgan fingerprint density at radius 3 is 2.82 bits per heavy atom. The van der Waals surface area contributed by atoms with Crippen molar-refractivity contribution in [3.05, 3.63) is 28.2 Å². The van der Waals surface area contributed by atoms with Crippen molar-refractivity contribution in [3.63, 3.8) is 0 Å². The number of nitrogens with zero attached hydrogens (tertiary/aromatic N) is 1. The monoisotopic (exact) mass is 167 g/mol. The Kier molecular flexibility index (Phi) is 2.54. The number of rotatable bonds is 2. The molecule has 11 heavy (non-hydrogen) atoms. The molecule has 0 saturated carbocycles. The van der Waals surface area contributed by atoms with Crippen LogP contribution in [0.5, 0.6) is 0 Å². The summed E-state index contributed by atoms with van der Waals surface area (Å²) >= 11 is 1.37. The lowest BCUT2D eigenvalue weighted by Gasteiger charge is -1.87. The molecule has 0 atom stereocenters. The fourth-order valence-electron chi connectivity index (χ4n) is 0.671. The van der Waals surface area contributed by atoms with Crippen LogP contribution < -0.4 is 0 Å². The maximum absolute atomic E-state index is 11.2. The minimum atomic E-state index is 0.0486. The molecule has 1 aromatic rings. The molecule has 2 nitrogen and oxygen atoms in total. The predicted octanol–water partition coefficient (Wildman–Crippen LogP) is 2.29. The second-order valence-electron chi connectivity index (χ2n) is 2.45. The fraction of sp³-hybridized carbons (Fsp3) is 0.250. The average Bonchev–Trinajstić information content (AvgIpc) is 2.35. The predicted molar refractivity (Wildman–Crippen MR) is 45.9 cm³/mol. The number of hydrogen-bond donors (Lipinski definition) is 0. The number of carbonyl (C=O) groups excluding carboxylic acids is 1. The van der Waals surface area contributed by atoms with Crippen LogP contribution in [0.2, 0.25) is 0 Å². The van der Waals surface area contributed by atoms with Crippen molar-refractivity contribution < 1.29 is 4.79 Å². The highest BCUT2D eigenvalue weighted by molar-refractivity contribution is 7.11. The molecule has 0 unspecified atom stereocenters. The average molecular weight is 167 g/mol. The number of hydrogen-bond acceptors (Lipinski definition) is 3. The zero-order valence-corrected chi connectivity index (χ0v) is 7.31. The molecule has 0 spiro atoms. The van der Waals surface area contributed by atoms with Gasteiger partial charge in [0.05, 0.1) is 10.4 Å². The quantitative estimate of drug-likeness (QED) is 0.499. The van der Waals surface area contributed by atoms with E-state index in [1.807, 2.05) is 13.8 Å². The molecule has 1 aromatic heterocycles. The van der Waals surface area contributed by atoms with E-state index < -0.39 is 0 Å². The number of thiazole rings is 1. The topological polar surface area (TPSA) is 30.0 Å². The second kappa shape index (κ2) is 3.44. The van der Waals surface area contributed by atoms with Gasteiger partial charge in [-0.15, -0.1) is 11.3 Å². The molecule has 1 rings (SSSR count). The molecule has 0 bridgehead atoms. The SMILES string of the molecule is CC(C)=CC(=O)c1cncs1. The molecule has 0 aliphatic heterocycles. The Morgan fingerprint density at radius 1 is 1.64 bits per heavy atom. The summed E-state index contributed by atoms with van der Waals surface area (Å²) in [7, 11) is 0. The first kappa shape index (κ1) is 8.14. The molecule has 0 aromatic carbocycles. The van der Waals surface area contributed by atoms with Crippen molar-refractivity contribution in [1.82, 2.24) is 4.98 Å². The highest BCUT2D eigenvalue weighted by Gasteiger charge is 2.02.